The molecule has 0 radical (unpaired) electrons. The average molecular weight is 151 g/mol. The van der Waals surface area contributed by atoms with Crippen molar-refractivity contribution in [2.24, 2.45) is 0 Å². The number of hydrogen-bond acceptors (Lipinski definition) is 4. The molecular formula is C5H13NO4. The van der Waals surface area contributed by atoms with Crippen molar-refractivity contribution in [2.45, 2.75) is 6.42 Å². The lowest BCUT2D eigenvalue weighted by Crippen LogP contribution is -2.05. The molecule has 0 aromatic carbocycles. The second kappa shape index (κ2) is 8.35. The van der Waals surface area contributed by atoms with E-state index in [0.717, 1.165) is 0 Å². The molecule has 0 aromatic rings. The molecule has 0 amide bonds. The third-order valence-corrected chi connectivity index (χ3v) is 0.696. The fraction of sp³-hybridized carbons (Fsp3) is 0.800. The second-order valence-corrected chi connectivity index (χ2v) is 1.48. The van der Waals surface area contributed by atoms with Crippen LogP contribution >= 0.6 is 0 Å². The number of aliphatic carboxylic acids is 1. The van der Waals surface area contributed by atoms with Crippen molar-refractivity contribution in [3.8, 4) is 0 Å². The fourth-order valence-electron chi connectivity index (χ4n) is 0.326. The van der Waals surface area contributed by atoms with Gasteiger partial charge in [-0.25, -0.2) is 0 Å². The van der Waals surface area contributed by atoms with E-state index >= 15 is 0 Å². The van der Waals surface area contributed by atoms with Gasteiger partial charge < -0.3 is 21.1 Å². The van der Waals surface area contributed by atoms with Crippen LogP contribution in [0.1, 0.15) is 6.42 Å². The predicted octanol–water partition coefficient (Wildman–Crippen LogP) is -0.368. The molecule has 0 saturated heterocycles. The van der Waals surface area contributed by atoms with E-state index in [9.17, 15) is 4.79 Å². The van der Waals surface area contributed by atoms with Gasteiger partial charge in [0.2, 0.25) is 0 Å². The summed E-state index contributed by atoms with van der Waals surface area (Å²) in [7, 11) is 0. The molecule has 0 aliphatic rings. The van der Waals surface area contributed by atoms with Crippen molar-refractivity contribution >= 4 is 5.97 Å². The first-order valence-electron chi connectivity index (χ1n) is 2.67. The van der Waals surface area contributed by atoms with Crippen LogP contribution < -0.4 is 6.15 Å². The minimum absolute atomic E-state index is 0. The Hall–Kier alpha value is -0.650. The molecule has 0 spiro atoms. The Kier molecular flexibility index (Phi) is 10.1. The minimum Gasteiger partial charge on any atom is -0.481 e. The molecule has 0 aliphatic carbocycles. The van der Waals surface area contributed by atoms with Gasteiger partial charge in [-0.15, -0.1) is 0 Å². The van der Waals surface area contributed by atoms with Crippen molar-refractivity contribution in [3.05, 3.63) is 0 Å². The molecule has 0 unspecified atom stereocenters. The zero-order chi connectivity index (χ0) is 7.11. The van der Waals surface area contributed by atoms with E-state index in [1.54, 1.807) is 0 Å². The molecule has 0 atom stereocenters. The van der Waals surface area contributed by atoms with Gasteiger partial charge in [-0.3, -0.25) is 4.79 Å². The van der Waals surface area contributed by atoms with Gasteiger partial charge in [-0.05, 0) is 0 Å². The molecular weight excluding hydrogens is 138 g/mol. The summed E-state index contributed by atoms with van der Waals surface area (Å²) >= 11 is 0. The number of rotatable bonds is 5. The first kappa shape index (κ1) is 12.1. The molecule has 0 aliphatic heterocycles. The Bertz CT molecular complexity index is 85.7. The SMILES string of the molecule is N.O=C(O)CCOCCO. The minimum atomic E-state index is -0.882. The zero-order valence-corrected chi connectivity index (χ0v) is 5.75. The van der Waals surface area contributed by atoms with Crippen molar-refractivity contribution in [2.75, 3.05) is 19.8 Å². The smallest absolute Gasteiger partial charge is 0.305 e. The average Bonchev–Trinajstić information content (AvgIpc) is 1.80. The summed E-state index contributed by atoms with van der Waals surface area (Å²) in [6, 6.07) is 0. The molecule has 0 rings (SSSR count). The maximum atomic E-state index is 9.82. The van der Waals surface area contributed by atoms with Crippen LogP contribution in [0, 0.1) is 0 Å². The fourth-order valence-corrected chi connectivity index (χ4v) is 0.326. The maximum Gasteiger partial charge on any atom is 0.305 e. The number of aliphatic hydroxyl groups excluding tert-OH is 1. The Labute approximate surface area is 59.2 Å². The highest BCUT2D eigenvalue weighted by molar-refractivity contribution is 5.66. The van der Waals surface area contributed by atoms with Crippen molar-refractivity contribution < 1.29 is 19.7 Å². The zero-order valence-electron chi connectivity index (χ0n) is 5.75. The monoisotopic (exact) mass is 151 g/mol. The first-order chi connectivity index (χ1) is 4.27. The van der Waals surface area contributed by atoms with Gasteiger partial charge in [-0.2, -0.15) is 0 Å². The highest BCUT2D eigenvalue weighted by Crippen LogP contribution is 1.80. The number of carbonyl (C=O) groups is 1. The van der Waals surface area contributed by atoms with Gasteiger partial charge in [0.25, 0.3) is 0 Å². The third kappa shape index (κ3) is 10.4. The van der Waals surface area contributed by atoms with Crippen LogP contribution in [0.15, 0.2) is 0 Å². The van der Waals surface area contributed by atoms with Gasteiger partial charge in [0, 0.05) is 0 Å². The summed E-state index contributed by atoms with van der Waals surface area (Å²) in [5, 5.41) is 16.2. The van der Waals surface area contributed by atoms with Crippen LogP contribution in [0.5, 0.6) is 0 Å². The molecule has 0 aromatic heterocycles. The van der Waals surface area contributed by atoms with Crippen LogP contribution in [-0.4, -0.2) is 36.0 Å². The molecule has 5 nitrogen and oxygen atoms in total. The third-order valence-electron chi connectivity index (χ3n) is 0.696. The van der Waals surface area contributed by atoms with Crippen LogP contribution in [0.2, 0.25) is 0 Å². The highest BCUT2D eigenvalue weighted by atomic mass is 16.5. The molecule has 10 heavy (non-hydrogen) atoms. The quantitative estimate of drug-likeness (QED) is 0.465. The Morgan fingerprint density at radius 1 is 1.40 bits per heavy atom. The number of hydrogen-bond donors (Lipinski definition) is 3. The van der Waals surface area contributed by atoms with Crippen LogP contribution in [-0.2, 0) is 9.53 Å². The van der Waals surface area contributed by atoms with E-state index in [1.807, 2.05) is 0 Å². The number of carboxylic acids is 1. The molecule has 0 fully saturated rings. The van der Waals surface area contributed by atoms with E-state index in [1.165, 1.54) is 0 Å². The highest BCUT2D eigenvalue weighted by Gasteiger charge is 1.94. The van der Waals surface area contributed by atoms with Gasteiger partial charge in [0.05, 0.1) is 26.2 Å². The Morgan fingerprint density at radius 2 is 2.00 bits per heavy atom. The Balaban J connectivity index is 0. The van der Waals surface area contributed by atoms with Crippen molar-refractivity contribution in [1.82, 2.24) is 6.15 Å². The summed E-state index contributed by atoms with van der Waals surface area (Å²) in [6.45, 7) is 0.336. The van der Waals surface area contributed by atoms with E-state index in [2.05, 4.69) is 4.74 Å². The first-order valence-corrected chi connectivity index (χ1v) is 2.67. The summed E-state index contributed by atoms with van der Waals surface area (Å²) in [6.07, 6.45) is 0. The molecule has 62 valence electrons. The number of ether oxygens (including phenoxy) is 1. The second-order valence-electron chi connectivity index (χ2n) is 1.48. The van der Waals surface area contributed by atoms with Crippen LogP contribution in [0.25, 0.3) is 0 Å². The molecule has 5 N–H and O–H groups in total. The lowest BCUT2D eigenvalue weighted by atomic mass is 10.5. The lowest BCUT2D eigenvalue weighted by molar-refractivity contribution is -0.138. The topological polar surface area (TPSA) is 102 Å². The van der Waals surface area contributed by atoms with Gasteiger partial charge in [0.15, 0.2) is 0 Å². The maximum absolute atomic E-state index is 9.82. The predicted molar refractivity (Wildman–Crippen MR) is 35.2 cm³/mol. The van der Waals surface area contributed by atoms with E-state index < -0.39 is 5.97 Å². The Morgan fingerprint density at radius 3 is 2.40 bits per heavy atom. The summed E-state index contributed by atoms with van der Waals surface area (Å²) < 4.78 is 4.66. The van der Waals surface area contributed by atoms with E-state index in [4.69, 9.17) is 10.2 Å². The van der Waals surface area contributed by atoms with Crippen LogP contribution in [0.3, 0.4) is 0 Å². The van der Waals surface area contributed by atoms with Gasteiger partial charge >= 0.3 is 5.97 Å². The lowest BCUT2D eigenvalue weighted by Gasteiger charge is -1.96. The van der Waals surface area contributed by atoms with Crippen molar-refractivity contribution in [1.29, 1.82) is 0 Å². The summed E-state index contributed by atoms with van der Waals surface area (Å²) in [5.74, 6) is -0.882. The largest absolute Gasteiger partial charge is 0.481 e. The molecule has 0 bridgehead atoms. The normalized spacial score (nSPS) is 8.50. The molecule has 0 saturated carbocycles. The number of aliphatic hydroxyl groups is 1. The summed E-state index contributed by atoms with van der Waals surface area (Å²) in [4.78, 5) is 9.82. The molecule has 5 heteroatoms. The van der Waals surface area contributed by atoms with Gasteiger partial charge in [0.1, 0.15) is 0 Å². The van der Waals surface area contributed by atoms with Crippen LogP contribution in [0.4, 0.5) is 0 Å². The van der Waals surface area contributed by atoms with Gasteiger partial charge in [-0.1, -0.05) is 0 Å². The summed E-state index contributed by atoms with van der Waals surface area (Å²) in [5.41, 5.74) is 0. The number of carboxylic acid groups (broad SMARTS) is 1. The van der Waals surface area contributed by atoms with E-state index in [-0.39, 0.29) is 32.4 Å². The molecule has 0 heterocycles. The standard InChI is InChI=1S/C5H10O4.H3N/c6-2-4-9-3-1-5(7)8;/h6H,1-4H2,(H,7,8);1H3. The van der Waals surface area contributed by atoms with E-state index in [0.29, 0.717) is 0 Å². The van der Waals surface area contributed by atoms with Crippen molar-refractivity contribution in [3.63, 3.8) is 0 Å².